The van der Waals surface area contributed by atoms with Gasteiger partial charge in [0.1, 0.15) is 0 Å². The first kappa shape index (κ1) is 14.9. The fourth-order valence-electron chi connectivity index (χ4n) is 3.56. The van der Waals surface area contributed by atoms with E-state index in [-0.39, 0.29) is 0 Å². The van der Waals surface area contributed by atoms with Crippen molar-refractivity contribution in [1.29, 1.82) is 0 Å². The molecule has 0 aromatic heterocycles. The number of aryl methyl sites for hydroxylation is 1. The van der Waals surface area contributed by atoms with Crippen LogP contribution in [0.3, 0.4) is 0 Å². The van der Waals surface area contributed by atoms with Gasteiger partial charge in [0, 0.05) is 11.1 Å². The van der Waals surface area contributed by atoms with Gasteiger partial charge in [-0.1, -0.05) is 56.0 Å². The van der Waals surface area contributed by atoms with E-state index in [1.54, 1.807) is 0 Å². The zero-order chi connectivity index (χ0) is 13.8. The summed E-state index contributed by atoms with van der Waals surface area (Å²) in [7, 11) is 2.07. The fraction of sp³-hybridized carbons (Fsp3) is 0.647. The van der Waals surface area contributed by atoms with Crippen LogP contribution in [0.4, 0.5) is 0 Å². The van der Waals surface area contributed by atoms with Gasteiger partial charge in [-0.15, -0.1) is 0 Å². The summed E-state index contributed by atoms with van der Waals surface area (Å²) < 4.78 is 0. The molecule has 1 aliphatic rings. The van der Waals surface area contributed by atoms with Crippen LogP contribution >= 0.6 is 11.6 Å². The molecule has 0 saturated heterocycles. The van der Waals surface area contributed by atoms with Gasteiger partial charge in [-0.3, -0.25) is 0 Å². The van der Waals surface area contributed by atoms with Crippen LogP contribution in [0.25, 0.3) is 0 Å². The van der Waals surface area contributed by atoms with E-state index in [0.29, 0.717) is 6.04 Å². The number of halogens is 1. The molecule has 0 radical (unpaired) electrons. The van der Waals surface area contributed by atoms with Crippen LogP contribution in [0.5, 0.6) is 0 Å². The molecule has 1 saturated carbocycles. The number of hydrogen-bond acceptors (Lipinski definition) is 1. The molecular formula is C17H26ClN. The van der Waals surface area contributed by atoms with Gasteiger partial charge in [0.15, 0.2) is 0 Å². The number of hydrogen-bond donors (Lipinski definition) is 1. The van der Waals surface area contributed by atoms with E-state index in [9.17, 15) is 0 Å². The third-order valence-corrected chi connectivity index (χ3v) is 5.26. The maximum absolute atomic E-state index is 6.52. The molecule has 19 heavy (non-hydrogen) atoms. The topological polar surface area (TPSA) is 12.0 Å². The van der Waals surface area contributed by atoms with Gasteiger partial charge in [0.05, 0.1) is 0 Å². The van der Waals surface area contributed by atoms with Gasteiger partial charge in [-0.05, 0) is 49.8 Å². The van der Waals surface area contributed by atoms with Crippen molar-refractivity contribution < 1.29 is 0 Å². The van der Waals surface area contributed by atoms with Gasteiger partial charge >= 0.3 is 0 Å². The quantitative estimate of drug-likeness (QED) is 0.806. The van der Waals surface area contributed by atoms with Gasteiger partial charge in [0.25, 0.3) is 0 Å². The Labute approximate surface area is 122 Å². The highest BCUT2D eigenvalue weighted by Gasteiger charge is 2.29. The Kier molecular flexibility index (Phi) is 5.29. The van der Waals surface area contributed by atoms with Crippen LogP contribution < -0.4 is 5.32 Å². The van der Waals surface area contributed by atoms with E-state index in [0.717, 1.165) is 16.9 Å². The molecule has 1 aromatic carbocycles. The number of nitrogens with one attached hydrogen (secondary N) is 1. The molecule has 1 aromatic rings. The minimum atomic E-state index is 0.404. The molecule has 0 heterocycles. The Balaban J connectivity index is 2.21. The van der Waals surface area contributed by atoms with Crippen LogP contribution in [-0.4, -0.2) is 7.05 Å². The Morgan fingerprint density at radius 1 is 1.37 bits per heavy atom. The molecule has 0 bridgehead atoms. The first-order valence-electron chi connectivity index (χ1n) is 7.59. The SMILES string of the molecule is CCC1CCCC(C(NC)c2cccc(C)c2Cl)C1. The minimum absolute atomic E-state index is 0.404. The summed E-state index contributed by atoms with van der Waals surface area (Å²) in [5.41, 5.74) is 2.47. The summed E-state index contributed by atoms with van der Waals surface area (Å²) in [6.07, 6.45) is 6.75. The second kappa shape index (κ2) is 6.76. The van der Waals surface area contributed by atoms with Crippen LogP contribution in [0, 0.1) is 18.8 Å². The summed E-state index contributed by atoms with van der Waals surface area (Å²) in [4.78, 5) is 0. The van der Waals surface area contributed by atoms with Crippen LogP contribution in [0.15, 0.2) is 18.2 Å². The Bertz CT molecular complexity index is 416. The molecule has 2 rings (SSSR count). The third-order valence-electron chi connectivity index (χ3n) is 4.74. The van der Waals surface area contributed by atoms with E-state index in [1.807, 2.05) is 0 Å². The highest BCUT2D eigenvalue weighted by atomic mass is 35.5. The zero-order valence-electron chi connectivity index (χ0n) is 12.4. The maximum Gasteiger partial charge on any atom is 0.0483 e. The third kappa shape index (κ3) is 3.32. The van der Waals surface area contributed by atoms with E-state index >= 15 is 0 Å². The first-order chi connectivity index (χ1) is 9.17. The summed E-state index contributed by atoms with van der Waals surface area (Å²) in [6, 6.07) is 6.81. The highest BCUT2D eigenvalue weighted by Crippen LogP contribution is 2.40. The van der Waals surface area contributed by atoms with Gasteiger partial charge in [-0.2, -0.15) is 0 Å². The van der Waals surface area contributed by atoms with Crippen molar-refractivity contribution in [3.05, 3.63) is 34.3 Å². The zero-order valence-corrected chi connectivity index (χ0v) is 13.1. The Morgan fingerprint density at radius 2 is 2.16 bits per heavy atom. The minimum Gasteiger partial charge on any atom is -0.313 e. The molecule has 0 aliphatic heterocycles. The fourth-order valence-corrected chi connectivity index (χ4v) is 3.81. The standard InChI is InChI=1S/C17H26ClN/c1-4-13-8-6-9-14(11-13)17(19-3)15-10-5-7-12(2)16(15)18/h5,7,10,13-14,17,19H,4,6,8-9,11H2,1-3H3. The van der Waals surface area contributed by atoms with Crippen LogP contribution in [-0.2, 0) is 0 Å². The molecule has 0 amide bonds. The van der Waals surface area contributed by atoms with Crippen molar-refractivity contribution >= 4 is 11.6 Å². The predicted octanol–water partition coefficient (Wildman–Crippen LogP) is 5.13. The summed E-state index contributed by atoms with van der Waals surface area (Å²) in [6.45, 7) is 4.41. The van der Waals surface area contributed by atoms with Crippen molar-refractivity contribution in [1.82, 2.24) is 5.32 Å². The molecule has 1 fully saturated rings. The van der Waals surface area contributed by atoms with Crippen LogP contribution in [0.2, 0.25) is 5.02 Å². The number of rotatable bonds is 4. The van der Waals surface area contributed by atoms with E-state index in [4.69, 9.17) is 11.6 Å². The lowest BCUT2D eigenvalue weighted by atomic mass is 9.75. The average molecular weight is 280 g/mol. The van der Waals surface area contributed by atoms with Crippen molar-refractivity contribution in [3.8, 4) is 0 Å². The monoisotopic (exact) mass is 279 g/mol. The molecule has 1 nitrogen and oxygen atoms in total. The lowest BCUT2D eigenvalue weighted by Gasteiger charge is -2.35. The highest BCUT2D eigenvalue weighted by molar-refractivity contribution is 6.32. The van der Waals surface area contributed by atoms with Crippen LogP contribution in [0.1, 0.15) is 56.2 Å². The predicted molar refractivity (Wildman–Crippen MR) is 83.7 cm³/mol. The molecule has 1 aliphatic carbocycles. The molecule has 0 spiro atoms. The Hall–Kier alpha value is -0.530. The Morgan fingerprint density at radius 3 is 2.84 bits per heavy atom. The smallest absolute Gasteiger partial charge is 0.0483 e. The van der Waals surface area contributed by atoms with E-state index < -0.39 is 0 Å². The molecule has 3 unspecified atom stereocenters. The summed E-state index contributed by atoms with van der Waals surface area (Å²) in [5, 5.41) is 4.46. The van der Waals surface area contributed by atoms with Crippen molar-refractivity contribution in [2.24, 2.45) is 11.8 Å². The lowest BCUT2D eigenvalue weighted by Crippen LogP contribution is -2.29. The van der Waals surface area contributed by atoms with Crippen molar-refractivity contribution in [2.45, 2.75) is 52.0 Å². The summed E-state index contributed by atoms with van der Waals surface area (Å²) >= 11 is 6.52. The molecule has 3 atom stereocenters. The lowest BCUT2D eigenvalue weighted by molar-refractivity contribution is 0.214. The van der Waals surface area contributed by atoms with Gasteiger partial charge < -0.3 is 5.32 Å². The van der Waals surface area contributed by atoms with Crippen molar-refractivity contribution in [3.63, 3.8) is 0 Å². The number of benzene rings is 1. The van der Waals surface area contributed by atoms with E-state index in [2.05, 4.69) is 44.4 Å². The average Bonchev–Trinajstić information content (AvgIpc) is 2.44. The molecular weight excluding hydrogens is 254 g/mol. The normalized spacial score (nSPS) is 25.3. The largest absolute Gasteiger partial charge is 0.313 e. The molecule has 1 N–H and O–H groups in total. The first-order valence-corrected chi connectivity index (χ1v) is 7.97. The second-order valence-corrected chi connectivity index (χ2v) is 6.32. The van der Waals surface area contributed by atoms with Gasteiger partial charge in [0.2, 0.25) is 0 Å². The molecule has 106 valence electrons. The second-order valence-electron chi connectivity index (χ2n) is 5.95. The van der Waals surface area contributed by atoms with E-state index in [1.165, 1.54) is 43.2 Å². The summed E-state index contributed by atoms with van der Waals surface area (Å²) in [5.74, 6) is 1.63. The van der Waals surface area contributed by atoms with Gasteiger partial charge in [-0.25, -0.2) is 0 Å². The molecule has 2 heteroatoms. The van der Waals surface area contributed by atoms with Crippen molar-refractivity contribution in [2.75, 3.05) is 7.05 Å². The maximum atomic E-state index is 6.52.